The first-order valence-electron chi connectivity index (χ1n) is 7.03. The van der Waals surface area contributed by atoms with Crippen molar-refractivity contribution in [2.45, 2.75) is 17.9 Å². The van der Waals surface area contributed by atoms with Gasteiger partial charge in [0.05, 0.1) is 23.2 Å². The van der Waals surface area contributed by atoms with E-state index in [4.69, 9.17) is 0 Å². The fourth-order valence-corrected chi connectivity index (χ4v) is 3.97. The number of hydrogen-bond donors (Lipinski definition) is 1. The minimum atomic E-state index is -3.72. The molecular formula is C17H17NO3S. The smallest absolute Gasteiger partial charge is 0.264 e. The number of anilines is 1. The van der Waals surface area contributed by atoms with Crippen LogP contribution in [0.15, 0.2) is 59.5 Å². The molecule has 0 bridgehead atoms. The van der Waals surface area contributed by atoms with Crippen LogP contribution in [0.3, 0.4) is 0 Å². The first kappa shape index (κ1) is 14.8. The van der Waals surface area contributed by atoms with E-state index < -0.39 is 16.1 Å². The third-order valence-corrected chi connectivity index (χ3v) is 5.46. The van der Waals surface area contributed by atoms with Crippen molar-refractivity contribution >= 4 is 21.8 Å². The molecule has 0 aliphatic carbocycles. The number of β-amino-alcohol motifs (C(OH)–C–C–N with tert-alkyl or cyclic N) is 1. The van der Waals surface area contributed by atoms with Crippen LogP contribution in [0.4, 0.5) is 5.69 Å². The molecule has 22 heavy (non-hydrogen) atoms. The molecule has 0 spiro atoms. The molecule has 5 heteroatoms. The third kappa shape index (κ3) is 2.65. The molecule has 3 rings (SSSR count). The average Bonchev–Trinajstić information content (AvgIpc) is 2.68. The summed E-state index contributed by atoms with van der Waals surface area (Å²) in [5.41, 5.74) is 2.35. The van der Waals surface area contributed by atoms with E-state index in [1.807, 2.05) is 19.1 Å². The number of aryl methyl sites for hydroxylation is 1. The molecule has 0 unspecified atom stereocenters. The van der Waals surface area contributed by atoms with Crippen LogP contribution >= 0.6 is 0 Å². The quantitative estimate of drug-likeness (QED) is 0.926. The lowest BCUT2D eigenvalue weighted by Gasteiger charge is -2.25. The van der Waals surface area contributed by atoms with Crippen molar-refractivity contribution in [2.75, 3.05) is 10.8 Å². The van der Waals surface area contributed by atoms with Crippen LogP contribution in [0.2, 0.25) is 0 Å². The summed E-state index contributed by atoms with van der Waals surface area (Å²) in [4.78, 5) is 0.224. The van der Waals surface area contributed by atoms with Crippen molar-refractivity contribution in [1.29, 1.82) is 0 Å². The number of fused-ring (bicyclic) bond motifs is 1. The van der Waals surface area contributed by atoms with Gasteiger partial charge in [-0.15, -0.1) is 0 Å². The van der Waals surface area contributed by atoms with Gasteiger partial charge in [0.1, 0.15) is 0 Å². The molecule has 1 aliphatic rings. The van der Waals surface area contributed by atoms with Crippen molar-refractivity contribution in [3.63, 3.8) is 0 Å². The van der Waals surface area contributed by atoms with Gasteiger partial charge in [0.25, 0.3) is 10.0 Å². The zero-order valence-corrected chi connectivity index (χ0v) is 13.0. The van der Waals surface area contributed by atoms with E-state index >= 15 is 0 Å². The summed E-state index contributed by atoms with van der Waals surface area (Å²) < 4.78 is 27.2. The van der Waals surface area contributed by atoms with Gasteiger partial charge in [0.2, 0.25) is 0 Å². The van der Waals surface area contributed by atoms with Crippen LogP contribution in [0.5, 0.6) is 0 Å². The molecule has 0 saturated carbocycles. The lowest BCUT2D eigenvalue weighted by molar-refractivity contribution is 0.233. The predicted molar refractivity (Wildman–Crippen MR) is 87.2 cm³/mol. The Balaban J connectivity index is 2.12. The number of nitrogens with zero attached hydrogens (tertiary/aromatic N) is 1. The summed E-state index contributed by atoms with van der Waals surface area (Å²) in [5.74, 6) is 0. The van der Waals surface area contributed by atoms with Crippen LogP contribution < -0.4 is 4.31 Å². The number of sulfonamides is 1. The standard InChI is InChI=1S/C17H17NO3S/c1-13-6-10-16(11-7-13)22(20,21)18-12-15(19)9-8-14-4-2-3-5-17(14)18/h2-11,15,19H,12H2,1H3/t15-/m0/s1. The summed E-state index contributed by atoms with van der Waals surface area (Å²) in [7, 11) is -3.72. The Bertz CT molecular complexity index is 810. The molecule has 2 aromatic carbocycles. The molecule has 1 heterocycles. The minimum absolute atomic E-state index is 0.00369. The van der Waals surface area contributed by atoms with Gasteiger partial charge in [-0.05, 0) is 30.7 Å². The Hall–Kier alpha value is -2.11. The SMILES string of the molecule is Cc1ccc(S(=O)(=O)N2C[C@@H](O)C=Cc3ccccc32)cc1. The summed E-state index contributed by atoms with van der Waals surface area (Å²) in [5, 5.41) is 9.99. The molecule has 0 radical (unpaired) electrons. The second-order valence-corrected chi connectivity index (χ2v) is 7.20. The maximum atomic E-state index is 12.9. The molecule has 1 N–H and O–H groups in total. The van der Waals surface area contributed by atoms with E-state index in [9.17, 15) is 13.5 Å². The van der Waals surface area contributed by atoms with E-state index in [0.717, 1.165) is 11.1 Å². The number of para-hydroxylation sites is 1. The van der Waals surface area contributed by atoms with Gasteiger partial charge in [-0.2, -0.15) is 0 Å². The fraction of sp³-hybridized carbons (Fsp3) is 0.176. The van der Waals surface area contributed by atoms with Gasteiger partial charge in [-0.3, -0.25) is 4.31 Å². The van der Waals surface area contributed by atoms with E-state index in [2.05, 4.69) is 0 Å². The Kier molecular flexibility index (Phi) is 3.76. The lowest BCUT2D eigenvalue weighted by atomic mass is 10.2. The summed E-state index contributed by atoms with van der Waals surface area (Å²) in [6, 6.07) is 14.0. The minimum Gasteiger partial charge on any atom is -0.387 e. The maximum absolute atomic E-state index is 12.9. The molecular weight excluding hydrogens is 298 g/mol. The van der Waals surface area contributed by atoms with Gasteiger partial charge >= 0.3 is 0 Å². The number of aliphatic hydroxyl groups excluding tert-OH is 1. The number of rotatable bonds is 2. The Morgan fingerprint density at radius 2 is 1.77 bits per heavy atom. The predicted octanol–water partition coefficient (Wildman–Crippen LogP) is 2.58. The van der Waals surface area contributed by atoms with Crippen molar-refractivity contribution < 1.29 is 13.5 Å². The highest BCUT2D eigenvalue weighted by Gasteiger charge is 2.29. The van der Waals surface area contributed by atoms with E-state index in [1.54, 1.807) is 48.6 Å². The monoisotopic (exact) mass is 315 g/mol. The summed E-state index contributed by atoms with van der Waals surface area (Å²) >= 11 is 0. The van der Waals surface area contributed by atoms with Crippen molar-refractivity contribution in [1.82, 2.24) is 0 Å². The van der Waals surface area contributed by atoms with Crippen LogP contribution in [-0.4, -0.2) is 26.2 Å². The van der Waals surface area contributed by atoms with Gasteiger partial charge < -0.3 is 5.11 Å². The van der Waals surface area contributed by atoms with Crippen molar-refractivity contribution in [3.05, 3.63) is 65.7 Å². The molecule has 0 aromatic heterocycles. The van der Waals surface area contributed by atoms with Crippen molar-refractivity contribution in [2.24, 2.45) is 0 Å². The van der Waals surface area contributed by atoms with Gasteiger partial charge in [-0.1, -0.05) is 48.0 Å². The number of aliphatic hydroxyl groups is 1. The molecule has 0 fully saturated rings. The van der Waals surface area contributed by atoms with E-state index in [-0.39, 0.29) is 11.4 Å². The number of hydrogen-bond acceptors (Lipinski definition) is 3. The molecule has 4 nitrogen and oxygen atoms in total. The zero-order valence-electron chi connectivity index (χ0n) is 12.2. The Labute approximate surface area is 130 Å². The van der Waals surface area contributed by atoms with Gasteiger partial charge in [0.15, 0.2) is 0 Å². The molecule has 2 aromatic rings. The van der Waals surface area contributed by atoms with E-state index in [0.29, 0.717) is 5.69 Å². The highest BCUT2D eigenvalue weighted by atomic mass is 32.2. The van der Waals surface area contributed by atoms with Crippen LogP contribution in [0.25, 0.3) is 6.08 Å². The largest absolute Gasteiger partial charge is 0.387 e. The summed E-state index contributed by atoms with van der Waals surface area (Å²) in [6.07, 6.45) is 2.53. The van der Waals surface area contributed by atoms with Gasteiger partial charge in [-0.25, -0.2) is 8.42 Å². The first-order chi connectivity index (χ1) is 10.5. The second kappa shape index (κ2) is 5.59. The van der Waals surface area contributed by atoms with Crippen LogP contribution in [0.1, 0.15) is 11.1 Å². The maximum Gasteiger partial charge on any atom is 0.264 e. The highest BCUT2D eigenvalue weighted by molar-refractivity contribution is 7.92. The second-order valence-electron chi connectivity index (χ2n) is 5.33. The highest BCUT2D eigenvalue weighted by Crippen LogP contribution is 2.30. The normalized spacial score (nSPS) is 17.9. The molecule has 0 amide bonds. The summed E-state index contributed by atoms with van der Waals surface area (Å²) in [6.45, 7) is 1.91. The molecule has 0 saturated heterocycles. The molecule has 1 atom stereocenters. The van der Waals surface area contributed by atoms with Crippen molar-refractivity contribution in [3.8, 4) is 0 Å². The van der Waals surface area contributed by atoms with Crippen LogP contribution in [-0.2, 0) is 10.0 Å². The fourth-order valence-electron chi connectivity index (χ4n) is 2.46. The van der Waals surface area contributed by atoms with E-state index in [1.165, 1.54) is 4.31 Å². The Morgan fingerprint density at radius 1 is 1.09 bits per heavy atom. The molecule has 1 aliphatic heterocycles. The lowest BCUT2D eigenvalue weighted by Crippen LogP contribution is -2.36. The van der Waals surface area contributed by atoms with Crippen LogP contribution in [0, 0.1) is 6.92 Å². The Morgan fingerprint density at radius 3 is 2.50 bits per heavy atom. The zero-order chi connectivity index (χ0) is 15.7. The topological polar surface area (TPSA) is 57.6 Å². The molecule has 114 valence electrons. The first-order valence-corrected chi connectivity index (χ1v) is 8.47. The third-order valence-electron chi connectivity index (χ3n) is 3.67. The van der Waals surface area contributed by atoms with Gasteiger partial charge in [0, 0.05) is 0 Å². The average molecular weight is 315 g/mol. The number of benzene rings is 2.